The fourth-order valence-corrected chi connectivity index (χ4v) is 2.66. The molecule has 0 N–H and O–H groups in total. The van der Waals surface area contributed by atoms with Crippen LogP contribution in [0, 0.1) is 34.5 Å². The van der Waals surface area contributed by atoms with Gasteiger partial charge in [0.05, 0.1) is 6.61 Å². The van der Waals surface area contributed by atoms with Crippen LogP contribution in [-0.2, 0) is 11.3 Å². The molecule has 1 aliphatic rings. The lowest BCUT2D eigenvalue weighted by Crippen LogP contribution is -2.53. The molecule has 3 rings (SSSR count). The van der Waals surface area contributed by atoms with E-state index in [0.29, 0.717) is 17.1 Å². The Kier molecular flexibility index (Phi) is 3.86. The summed E-state index contributed by atoms with van der Waals surface area (Å²) < 4.78 is 75.6. The van der Waals surface area contributed by atoms with Crippen LogP contribution in [0.2, 0.25) is 0 Å². The lowest BCUT2D eigenvalue weighted by Gasteiger charge is -2.31. The van der Waals surface area contributed by atoms with Gasteiger partial charge in [0.1, 0.15) is 12.6 Å². The van der Waals surface area contributed by atoms with Gasteiger partial charge in [-0.25, -0.2) is 17.7 Å². The maximum atomic E-state index is 14.0. The van der Waals surface area contributed by atoms with Crippen LogP contribution in [0.1, 0.15) is 32.6 Å². The number of halogens is 5. The molecule has 1 aromatic heterocycles. The average Bonchev–Trinajstić information content (AvgIpc) is 2.93. The van der Waals surface area contributed by atoms with Gasteiger partial charge in [0.2, 0.25) is 41.1 Å². The molecule has 1 aromatic carbocycles. The van der Waals surface area contributed by atoms with Crippen molar-refractivity contribution >= 4 is 0 Å². The van der Waals surface area contributed by atoms with Gasteiger partial charge in [0.25, 0.3) is 0 Å². The lowest BCUT2D eigenvalue weighted by atomic mass is 9.86. The number of fused-ring (bicyclic) bond motifs is 1. The highest BCUT2D eigenvalue weighted by atomic mass is 19.2. The second kappa shape index (κ2) is 5.51. The fourth-order valence-electron chi connectivity index (χ4n) is 2.66. The van der Waals surface area contributed by atoms with E-state index in [1.54, 1.807) is 4.57 Å². The number of hydrogen-bond donors (Lipinski definition) is 0. The minimum atomic E-state index is -2.20. The van der Waals surface area contributed by atoms with E-state index in [1.165, 1.54) is 6.33 Å². The second-order valence-corrected chi connectivity index (χ2v) is 6.70. The zero-order valence-electron chi connectivity index (χ0n) is 13.2. The Balaban J connectivity index is 2.19. The van der Waals surface area contributed by atoms with E-state index in [0.717, 1.165) is 0 Å². The van der Waals surface area contributed by atoms with E-state index in [9.17, 15) is 22.0 Å². The van der Waals surface area contributed by atoms with Crippen molar-refractivity contribution in [1.82, 2.24) is 9.78 Å². The maximum Gasteiger partial charge on any atom is 0.304 e. The summed E-state index contributed by atoms with van der Waals surface area (Å²) in [5.41, 5.74) is -1.37. The Morgan fingerprint density at radius 1 is 1.04 bits per heavy atom. The van der Waals surface area contributed by atoms with Crippen molar-refractivity contribution in [3.05, 3.63) is 41.2 Å². The molecule has 130 valence electrons. The van der Waals surface area contributed by atoms with Gasteiger partial charge in [0.15, 0.2) is 0 Å². The van der Waals surface area contributed by atoms with E-state index in [1.807, 2.05) is 20.8 Å². The molecule has 0 amide bonds. The molecular formula is C15H15F5N3O+. The molecule has 0 spiro atoms. The zero-order chi connectivity index (χ0) is 17.8. The first-order valence-corrected chi connectivity index (χ1v) is 7.22. The van der Waals surface area contributed by atoms with E-state index < -0.39 is 34.8 Å². The zero-order valence-corrected chi connectivity index (χ0v) is 13.2. The molecule has 1 aliphatic heterocycles. The molecule has 0 fully saturated rings. The maximum absolute atomic E-state index is 14.0. The van der Waals surface area contributed by atoms with Crippen LogP contribution < -0.4 is 4.57 Å². The number of benzene rings is 1. The monoisotopic (exact) mass is 348 g/mol. The molecule has 4 nitrogen and oxygen atoms in total. The van der Waals surface area contributed by atoms with Crippen molar-refractivity contribution in [3.8, 4) is 5.69 Å². The average molecular weight is 348 g/mol. The second-order valence-electron chi connectivity index (χ2n) is 6.70. The molecule has 24 heavy (non-hydrogen) atoms. The number of nitrogens with zero attached hydrogens (tertiary/aromatic N) is 3. The topological polar surface area (TPSA) is 30.9 Å². The van der Waals surface area contributed by atoms with Gasteiger partial charge >= 0.3 is 5.82 Å². The summed E-state index contributed by atoms with van der Waals surface area (Å²) >= 11 is 0. The van der Waals surface area contributed by atoms with Crippen molar-refractivity contribution in [2.75, 3.05) is 6.61 Å². The third-order valence-electron chi connectivity index (χ3n) is 4.01. The van der Waals surface area contributed by atoms with Crippen LogP contribution in [0.3, 0.4) is 0 Å². The summed E-state index contributed by atoms with van der Waals surface area (Å²) in [7, 11) is 0. The molecule has 0 aliphatic carbocycles. The molecule has 2 heterocycles. The normalized spacial score (nSPS) is 17.9. The summed E-state index contributed by atoms with van der Waals surface area (Å²) in [6.07, 6.45) is 1.23. The van der Waals surface area contributed by atoms with Gasteiger partial charge < -0.3 is 4.74 Å². The van der Waals surface area contributed by atoms with Crippen molar-refractivity contribution < 1.29 is 31.3 Å². The number of rotatable bonds is 1. The van der Waals surface area contributed by atoms with E-state index >= 15 is 0 Å². The Labute approximate surface area is 134 Å². The standard InChI is InChI=1S/C15H15F5N3O/c1-15(2,3)7-4-24-5-8-21-23(6-22(7)8)14-12(19)10(17)9(16)11(18)13(14)20/h6-7H,4-5H2,1-3H3/q+1/t7-/m0/s1. The number of ether oxygens (including phenoxy) is 1. The molecule has 0 saturated carbocycles. The minimum Gasteiger partial charge on any atom is -0.367 e. The molecular weight excluding hydrogens is 333 g/mol. The first-order chi connectivity index (χ1) is 11.1. The Morgan fingerprint density at radius 2 is 1.58 bits per heavy atom. The smallest absolute Gasteiger partial charge is 0.304 e. The van der Waals surface area contributed by atoms with E-state index in [4.69, 9.17) is 4.74 Å². The van der Waals surface area contributed by atoms with Crippen molar-refractivity contribution in [2.24, 2.45) is 5.41 Å². The van der Waals surface area contributed by atoms with Gasteiger partial charge in [-0.2, -0.15) is 8.78 Å². The summed E-state index contributed by atoms with van der Waals surface area (Å²) in [5, 5.41) is 3.94. The van der Waals surface area contributed by atoms with Crippen LogP contribution in [0.4, 0.5) is 22.0 Å². The Bertz CT molecular complexity index is 783. The van der Waals surface area contributed by atoms with Crippen molar-refractivity contribution in [1.29, 1.82) is 0 Å². The van der Waals surface area contributed by atoms with Gasteiger partial charge in [-0.1, -0.05) is 25.5 Å². The molecule has 0 saturated heterocycles. The predicted molar refractivity (Wildman–Crippen MR) is 71.7 cm³/mol. The highest BCUT2D eigenvalue weighted by molar-refractivity contribution is 5.36. The minimum absolute atomic E-state index is 0.0784. The highest BCUT2D eigenvalue weighted by Gasteiger charge is 2.39. The van der Waals surface area contributed by atoms with Crippen LogP contribution in [-0.4, -0.2) is 16.4 Å². The summed E-state index contributed by atoms with van der Waals surface area (Å²) in [4.78, 5) is 0. The first-order valence-electron chi connectivity index (χ1n) is 7.22. The van der Waals surface area contributed by atoms with E-state index in [2.05, 4.69) is 5.10 Å². The van der Waals surface area contributed by atoms with Gasteiger partial charge in [-0.15, -0.1) is 0 Å². The molecule has 1 atom stereocenters. The quantitative estimate of drug-likeness (QED) is 0.343. The first kappa shape index (κ1) is 16.8. The van der Waals surface area contributed by atoms with E-state index in [-0.39, 0.29) is 18.1 Å². The number of hydrogen-bond acceptors (Lipinski definition) is 2. The molecule has 0 unspecified atom stereocenters. The Morgan fingerprint density at radius 3 is 2.12 bits per heavy atom. The van der Waals surface area contributed by atoms with Gasteiger partial charge in [-0.05, 0) is 5.41 Å². The SMILES string of the molecule is CC(C)(C)[C@@H]1COCc2nn(-c3c(F)c(F)c(F)c(F)c3F)c[n+]21. The van der Waals surface area contributed by atoms with Crippen LogP contribution in [0.25, 0.3) is 5.69 Å². The lowest BCUT2D eigenvalue weighted by molar-refractivity contribution is -0.755. The molecule has 9 heteroatoms. The third kappa shape index (κ3) is 2.47. The largest absolute Gasteiger partial charge is 0.367 e. The van der Waals surface area contributed by atoms with Crippen LogP contribution >= 0.6 is 0 Å². The third-order valence-corrected chi connectivity index (χ3v) is 4.01. The summed E-state index contributed by atoms with van der Waals surface area (Å²) in [6, 6.07) is -0.198. The summed E-state index contributed by atoms with van der Waals surface area (Å²) in [5.74, 6) is -9.74. The molecule has 2 aromatic rings. The highest BCUT2D eigenvalue weighted by Crippen LogP contribution is 2.30. The van der Waals surface area contributed by atoms with Crippen LogP contribution in [0.5, 0.6) is 0 Å². The summed E-state index contributed by atoms with van der Waals surface area (Å²) in [6.45, 7) is 6.26. The fraction of sp³-hybridized carbons (Fsp3) is 0.467. The van der Waals surface area contributed by atoms with Gasteiger partial charge in [-0.3, -0.25) is 0 Å². The molecule has 0 bridgehead atoms. The molecule has 0 radical (unpaired) electrons. The Hall–Kier alpha value is -2.03. The van der Waals surface area contributed by atoms with Crippen molar-refractivity contribution in [3.63, 3.8) is 0 Å². The van der Waals surface area contributed by atoms with Gasteiger partial charge in [0, 0.05) is 5.10 Å². The van der Waals surface area contributed by atoms with Crippen molar-refractivity contribution in [2.45, 2.75) is 33.4 Å². The predicted octanol–water partition coefficient (Wildman–Crippen LogP) is 2.97. The van der Waals surface area contributed by atoms with Crippen LogP contribution in [0.15, 0.2) is 6.33 Å². The number of aromatic nitrogens is 3.